The maximum atomic E-state index is 13.0. The quantitative estimate of drug-likeness (QED) is 0.557. The van der Waals surface area contributed by atoms with Gasteiger partial charge in [-0.05, 0) is 49.2 Å². The topological polar surface area (TPSA) is 73.8 Å². The fourth-order valence-electron chi connectivity index (χ4n) is 4.17. The molecule has 0 atom stereocenters. The van der Waals surface area contributed by atoms with Gasteiger partial charge >= 0.3 is 0 Å². The minimum Gasteiger partial charge on any atom is -0.345 e. The van der Waals surface area contributed by atoms with Crippen LogP contribution in [0.3, 0.4) is 0 Å². The van der Waals surface area contributed by atoms with Crippen LogP contribution in [0.4, 0.5) is 5.13 Å². The molecule has 3 heterocycles. The number of carbonyl (C=O) groups is 1. The number of anilines is 1. The van der Waals surface area contributed by atoms with E-state index >= 15 is 0 Å². The Balaban J connectivity index is 1.24. The minimum absolute atomic E-state index is 0.0814. The summed E-state index contributed by atoms with van der Waals surface area (Å²) >= 11 is 7.85. The summed E-state index contributed by atoms with van der Waals surface area (Å²) in [5.41, 5.74) is 1.32. The molecule has 2 fully saturated rings. The van der Waals surface area contributed by atoms with Crippen molar-refractivity contribution in [2.24, 2.45) is 0 Å². The highest BCUT2D eigenvalue weighted by Crippen LogP contribution is 2.33. The zero-order valence-electron chi connectivity index (χ0n) is 17.4. The van der Waals surface area contributed by atoms with E-state index < -0.39 is 10.0 Å². The van der Waals surface area contributed by atoms with Gasteiger partial charge in [0.2, 0.25) is 10.0 Å². The molecule has 0 bridgehead atoms. The van der Waals surface area contributed by atoms with Crippen molar-refractivity contribution in [1.82, 2.24) is 14.2 Å². The Kier molecular flexibility index (Phi) is 5.83. The van der Waals surface area contributed by atoms with Gasteiger partial charge in [-0.3, -0.25) is 4.79 Å². The van der Waals surface area contributed by atoms with E-state index in [1.165, 1.54) is 4.31 Å². The first-order valence-electron chi connectivity index (χ1n) is 10.6. The van der Waals surface area contributed by atoms with Gasteiger partial charge in [0.1, 0.15) is 5.52 Å². The Labute approximate surface area is 196 Å². The number of carbonyl (C=O) groups excluding carboxylic acids is 1. The second-order valence-electron chi connectivity index (χ2n) is 8.00. The SMILES string of the molecule is O=C(c1ccc(S(=O)(=O)N2CCCC2)cc1)N1CCN(c2nc3c(Cl)cccc3s2)CC1. The van der Waals surface area contributed by atoms with E-state index in [9.17, 15) is 13.2 Å². The average Bonchev–Trinajstić information content (AvgIpc) is 3.50. The molecule has 2 aliphatic rings. The molecular formula is C22H23ClN4O3S2. The first-order chi connectivity index (χ1) is 15.4. The lowest BCUT2D eigenvalue weighted by Gasteiger charge is -2.34. The highest BCUT2D eigenvalue weighted by Gasteiger charge is 2.28. The van der Waals surface area contributed by atoms with Crippen LogP contribution in [0.1, 0.15) is 23.2 Å². The van der Waals surface area contributed by atoms with E-state index in [-0.39, 0.29) is 10.8 Å². The molecule has 3 aromatic rings. The molecule has 0 saturated carbocycles. The van der Waals surface area contributed by atoms with Crippen molar-refractivity contribution in [3.05, 3.63) is 53.1 Å². The third-order valence-electron chi connectivity index (χ3n) is 6.00. The maximum absolute atomic E-state index is 13.0. The number of thiazole rings is 1. The summed E-state index contributed by atoms with van der Waals surface area (Å²) in [7, 11) is -3.47. The fraction of sp³-hybridized carbons (Fsp3) is 0.364. The van der Waals surface area contributed by atoms with E-state index in [1.54, 1.807) is 40.5 Å². The summed E-state index contributed by atoms with van der Waals surface area (Å²) in [6, 6.07) is 12.1. The number of hydrogen-bond acceptors (Lipinski definition) is 6. The summed E-state index contributed by atoms with van der Waals surface area (Å²) in [6.45, 7) is 3.66. The van der Waals surface area contributed by atoms with Gasteiger partial charge in [-0.15, -0.1) is 0 Å². The molecule has 7 nitrogen and oxygen atoms in total. The minimum atomic E-state index is -3.47. The number of benzene rings is 2. The Hall–Kier alpha value is -2.20. The summed E-state index contributed by atoms with van der Waals surface area (Å²) in [6.07, 6.45) is 1.79. The lowest BCUT2D eigenvalue weighted by molar-refractivity contribution is 0.0746. The molecule has 32 heavy (non-hydrogen) atoms. The fourth-order valence-corrected chi connectivity index (χ4v) is 7.00. The van der Waals surface area contributed by atoms with Gasteiger partial charge in [-0.1, -0.05) is 29.0 Å². The largest absolute Gasteiger partial charge is 0.345 e. The zero-order valence-corrected chi connectivity index (χ0v) is 19.8. The molecule has 1 amide bonds. The molecule has 0 spiro atoms. The Morgan fingerprint density at radius 3 is 2.28 bits per heavy atom. The van der Waals surface area contributed by atoms with Crippen LogP contribution in [0.15, 0.2) is 47.4 Å². The first-order valence-corrected chi connectivity index (χ1v) is 13.3. The third kappa shape index (κ3) is 3.98. The monoisotopic (exact) mass is 490 g/mol. The Morgan fingerprint density at radius 1 is 0.938 bits per heavy atom. The molecule has 0 radical (unpaired) electrons. The van der Waals surface area contributed by atoms with Crippen molar-refractivity contribution in [3.8, 4) is 0 Å². The average molecular weight is 491 g/mol. The summed E-state index contributed by atoms with van der Waals surface area (Å²) < 4.78 is 27.9. The molecule has 0 unspecified atom stereocenters. The second kappa shape index (κ2) is 8.62. The van der Waals surface area contributed by atoms with Gasteiger partial charge in [0, 0.05) is 44.8 Å². The number of sulfonamides is 1. The number of fused-ring (bicyclic) bond motifs is 1. The van der Waals surface area contributed by atoms with Gasteiger partial charge in [-0.2, -0.15) is 4.31 Å². The van der Waals surface area contributed by atoms with E-state index in [2.05, 4.69) is 9.88 Å². The number of halogens is 1. The van der Waals surface area contributed by atoms with Crippen LogP contribution in [-0.4, -0.2) is 67.8 Å². The molecule has 2 saturated heterocycles. The highest BCUT2D eigenvalue weighted by molar-refractivity contribution is 7.89. The van der Waals surface area contributed by atoms with Crippen molar-refractivity contribution >= 4 is 54.2 Å². The predicted molar refractivity (Wildman–Crippen MR) is 127 cm³/mol. The molecule has 1 aromatic heterocycles. The van der Waals surface area contributed by atoms with Crippen LogP contribution in [0.2, 0.25) is 5.02 Å². The van der Waals surface area contributed by atoms with Gasteiger partial charge in [0.25, 0.3) is 5.91 Å². The van der Waals surface area contributed by atoms with E-state index in [0.29, 0.717) is 49.9 Å². The van der Waals surface area contributed by atoms with Crippen LogP contribution in [0.25, 0.3) is 10.2 Å². The molecule has 10 heteroatoms. The van der Waals surface area contributed by atoms with Crippen molar-refractivity contribution in [3.63, 3.8) is 0 Å². The molecule has 168 valence electrons. The van der Waals surface area contributed by atoms with Crippen molar-refractivity contribution < 1.29 is 13.2 Å². The standard InChI is InChI=1S/C22H23ClN4O3S2/c23-18-4-3-5-19-20(18)24-22(31-19)26-14-12-25(13-15-26)21(28)16-6-8-17(9-7-16)32(29,30)27-10-1-2-11-27/h3-9H,1-2,10-15H2. The third-order valence-corrected chi connectivity index (χ3v) is 9.30. The number of amides is 1. The number of nitrogens with zero attached hydrogens (tertiary/aromatic N) is 4. The summed E-state index contributed by atoms with van der Waals surface area (Å²) in [4.78, 5) is 21.9. The molecule has 2 aliphatic heterocycles. The smallest absolute Gasteiger partial charge is 0.253 e. The molecule has 0 aliphatic carbocycles. The van der Waals surface area contributed by atoms with Crippen LogP contribution in [0, 0.1) is 0 Å². The molecule has 0 N–H and O–H groups in total. The van der Waals surface area contributed by atoms with Crippen LogP contribution >= 0.6 is 22.9 Å². The van der Waals surface area contributed by atoms with Crippen molar-refractivity contribution in [1.29, 1.82) is 0 Å². The highest BCUT2D eigenvalue weighted by atomic mass is 35.5. The normalized spacial score (nSPS) is 17.9. The van der Waals surface area contributed by atoms with Gasteiger partial charge in [0.15, 0.2) is 5.13 Å². The summed E-state index contributed by atoms with van der Waals surface area (Å²) in [5, 5.41) is 1.56. The molecular weight excluding hydrogens is 468 g/mol. The van der Waals surface area contributed by atoms with E-state index in [0.717, 1.165) is 28.2 Å². The number of piperazine rings is 1. The predicted octanol–water partition coefficient (Wildman–Crippen LogP) is 3.70. The number of hydrogen-bond donors (Lipinski definition) is 0. The summed E-state index contributed by atoms with van der Waals surface area (Å²) in [5.74, 6) is -0.0814. The lowest BCUT2D eigenvalue weighted by Crippen LogP contribution is -2.48. The van der Waals surface area contributed by atoms with Crippen LogP contribution in [-0.2, 0) is 10.0 Å². The van der Waals surface area contributed by atoms with Crippen LogP contribution < -0.4 is 4.90 Å². The van der Waals surface area contributed by atoms with Crippen LogP contribution in [0.5, 0.6) is 0 Å². The van der Waals surface area contributed by atoms with E-state index in [1.807, 2.05) is 18.2 Å². The van der Waals surface area contributed by atoms with Gasteiger partial charge in [-0.25, -0.2) is 13.4 Å². The number of rotatable bonds is 4. The second-order valence-corrected chi connectivity index (χ2v) is 11.4. The Bertz CT molecular complexity index is 1250. The molecule has 5 rings (SSSR count). The number of aromatic nitrogens is 1. The number of para-hydroxylation sites is 1. The van der Waals surface area contributed by atoms with Crippen molar-refractivity contribution in [2.75, 3.05) is 44.2 Å². The zero-order chi connectivity index (χ0) is 22.3. The van der Waals surface area contributed by atoms with Gasteiger partial charge < -0.3 is 9.80 Å². The van der Waals surface area contributed by atoms with E-state index in [4.69, 9.17) is 11.6 Å². The van der Waals surface area contributed by atoms with Gasteiger partial charge in [0.05, 0.1) is 14.6 Å². The maximum Gasteiger partial charge on any atom is 0.253 e. The first kappa shape index (κ1) is 21.6. The van der Waals surface area contributed by atoms with Crippen molar-refractivity contribution in [2.45, 2.75) is 17.7 Å². The Morgan fingerprint density at radius 2 is 1.62 bits per heavy atom. The molecule has 2 aromatic carbocycles. The lowest BCUT2D eigenvalue weighted by atomic mass is 10.2.